The molecule has 0 aliphatic carbocycles. The van der Waals surface area contributed by atoms with Gasteiger partial charge in [-0.15, -0.1) is 0 Å². The van der Waals surface area contributed by atoms with Crippen molar-refractivity contribution in [1.29, 1.82) is 0 Å². The highest BCUT2D eigenvalue weighted by Gasteiger charge is 2.32. The highest BCUT2D eigenvalue weighted by Crippen LogP contribution is 2.39. The summed E-state index contributed by atoms with van der Waals surface area (Å²) >= 11 is 1.47. The number of ether oxygens (including phenoxy) is 2. The van der Waals surface area contributed by atoms with E-state index in [9.17, 15) is 4.79 Å². The van der Waals surface area contributed by atoms with E-state index < -0.39 is 0 Å². The molecule has 6 nitrogen and oxygen atoms in total. The fourth-order valence-corrected chi connectivity index (χ4v) is 4.57. The maximum absolute atomic E-state index is 13.0. The van der Waals surface area contributed by atoms with Crippen LogP contribution in [0.4, 0.5) is 0 Å². The molecule has 2 aromatic heterocycles. The Bertz CT molecular complexity index is 988. The smallest absolute Gasteiger partial charge is 0.233 e. The van der Waals surface area contributed by atoms with E-state index >= 15 is 0 Å². The number of thioether (sulfide) groups is 1. The number of carbonyl (C=O) groups is 1. The summed E-state index contributed by atoms with van der Waals surface area (Å²) in [4.78, 5) is 19.4. The van der Waals surface area contributed by atoms with Crippen LogP contribution in [0.5, 0.6) is 11.5 Å². The van der Waals surface area contributed by atoms with Crippen LogP contribution in [0.15, 0.2) is 53.9 Å². The Hall–Kier alpha value is -2.67. The third-order valence-electron chi connectivity index (χ3n) is 5.10. The van der Waals surface area contributed by atoms with Crippen LogP contribution in [0.1, 0.15) is 24.4 Å². The number of likely N-dealkylation sites (tertiary alicyclic amines) is 1. The summed E-state index contributed by atoms with van der Waals surface area (Å²) in [6.07, 6.45) is 5.70. The van der Waals surface area contributed by atoms with Crippen molar-refractivity contribution >= 4 is 23.2 Å². The predicted molar refractivity (Wildman–Crippen MR) is 109 cm³/mol. The number of hydrogen-bond acceptors (Lipinski definition) is 5. The standard InChI is InChI=1S/C21H23N3O3S/c1-26-16-8-9-19(27-2)17(12-16)18-7-5-11-24(18)20(25)14-28-21-22-13-15-6-3-4-10-23(15)21/h3-4,6,8-10,12-13,18H,5,7,11,14H2,1-2H3. The minimum atomic E-state index is 0.00942. The summed E-state index contributed by atoms with van der Waals surface area (Å²) in [6, 6.07) is 11.7. The van der Waals surface area contributed by atoms with Gasteiger partial charge < -0.3 is 14.4 Å². The number of amides is 1. The summed E-state index contributed by atoms with van der Waals surface area (Å²) in [5, 5.41) is 0.832. The van der Waals surface area contributed by atoms with Crippen molar-refractivity contribution in [1.82, 2.24) is 14.3 Å². The molecule has 1 amide bonds. The minimum Gasteiger partial charge on any atom is -0.497 e. The van der Waals surface area contributed by atoms with E-state index in [-0.39, 0.29) is 11.9 Å². The van der Waals surface area contributed by atoms with Crippen LogP contribution in [-0.4, -0.2) is 46.7 Å². The summed E-state index contributed by atoms with van der Waals surface area (Å²) < 4.78 is 12.9. The number of imidazole rings is 1. The quantitative estimate of drug-likeness (QED) is 0.592. The van der Waals surface area contributed by atoms with Crippen molar-refractivity contribution in [3.05, 3.63) is 54.4 Å². The van der Waals surface area contributed by atoms with E-state index in [1.165, 1.54) is 11.8 Å². The van der Waals surface area contributed by atoms with E-state index in [4.69, 9.17) is 9.47 Å². The Morgan fingerprint density at radius 1 is 1.25 bits per heavy atom. The van der Waals surface area contributed by atoms with Crippen LogP contribution in [0.25, 0.3) is 5.52 Å². The first-order valence-corrected chi connectivity index (χ1v) is 10.3. The number of carbonyl (C=O) groups excluding carboxylic acids is 1. The lowest BCUT2D eigenvalue weighted by atomic mass is 10.0. The third kappa shape index (κ3) is 3.54. The normalized spacial score (nSPS) is 16.5. The van der Waals surface area contributed by atoms with Crippen molar-refractivity contribution in [2.75, 3.05) is 26.5 Å². The molecule has 1 fully saturated rings. The second-order valence-electron chi connectivity index (χ2n) is 6.68. The Morgan fingerprint density at radius 2 is 2.14 bits per heavy atom. The predicted octanol–water partition coefficient (Wildman–Crippen LogP) is 3.81. The van der Waals surface area contributed by atoms with Gasteiger partial charge in [0.05, 0.1) is 37.7 Å². The first kappa shape index (κ1) is 18.7. The van der Waals surface area contributed by atoms with Crippen LogP contribution in [-0.2, 0) is 4.79 Å². The van der Waals surface area contributed by atoms with Crippen LogP contribution in [0.3, 0.4) is 0 Å². The molecule has 1 atom stereocenters. The van der Waals surface area contributed by atoms with Crippen LogP contribution in [0, 0.1) is 0 Å². The molecule has 7 heteroatoms. The third-order valence-corrected chi connectivity index (χ3v) is 6.05. The number of pyridine rings is 1. The fourth-order valence-electron chi connectivity index (χ4n) is 3.72. The molecule has 28 heavy (non-hydrogen) atoms. The Balaban J connectivity index is 1.51. The van der Waals surface area contributed by atoms with Gasteiger partial charge in [-0.1, -0.05) is 17.8 Å². The molecular formula is C21H23N3O3S. The molecule has 3 aromatic rings. The van der Waals surface area contributed by atoms with Gasteiger partial charge in [0.1, 0.15) is 11.5 Å². The Morgan fingerprint density at radius 3 is 2.96 bits per heavy atom. The number of benzene rings is 1. The molecule has 1 unspecified atom stereocenters. The molecule has 1 saturated heterocycles. The zero-order valence-electron chi connectivity index (χ0n) is 16.0. The zero-order valence-corrected chi connectivity index (χ0v) is 16.8. The van der Waals surface area contributed by atoms with Crippen LogP contribution < -0.4 is 9.47 Å². The van der Waals surface area contributed by atoms with E-state index in [0.29, 0.717) is 5.75 Å². The average Bonchev–Trinajstić information content (AvgIpc) is 3.39. The van der Waals surface area contributed by atoms with E-state index in [1.807, 2.05) is 58.1 Å². The maximum atomic E-state index is 13.0. The molecule has 1 aliphatic rings. The summed E-state index contributed by atoms with van der Waals surface area (Å²) in [5.74, 6) is 2.03. The second-order valence-corrected chi connectivity index (χ2v) is 7.62. The van der Waals surface area contributed by atoms with Gasteiger partial charge in [0, 0.05) is 18.3 Å². The van der Waals surface area contributed by atoms with Crippen LogP contribution >= 0.6 is 11.8 Å². The maximum Gasteiger partial charge on any atom is 0.233 e. The lowest BCUT2D eigenvalue weighted by Gasteiger charge is -2.26. The molecule has 0 bridgehead atoms. The molecule has 146 valence electrons. The fraction of sp³-hybridized carbons (Fsp3) is 0.333. The second kappa shape index (κ2) is 8.14. The monoisotopic (exact) mass is 397 g/mol. The summed E-state index contributed by atoms with van der Waals surface area (Å²) in [5.41, 5.74) is 2.03. The lowest BCUT2D eigenvalue weighted by Crippen LogP contribution is -2.32. The van der Waals surface area contributed by atoms with Gasteiger partial charge in [0.2, 0.25) is 5.91 Å². The van der Waals surface area contributed by atoms with Gasteiger partial charge in [-0.3, -0.25) is 9.20 Å². The van der Waals surface area contributed by atoms with E-state index in [0.717, 1.165) is 47.1 Å². The van der Waals surface area contributed by atoms with E-state index in [1.54, 1.807) is 14.2 Å². The van der Waals surface area contributed by atoms with Crippen molar-refractivity contribution in [2.45, 2.75) is 24.0 Å². The molecule has 3 heterocycles. The Kier molecular flexibility index (Phi) is 5.43. The number of hydrogen-bond donors (Lipinski definition) is 0. The largest absolute Gasteiger partial charge is 0.497 e. The van der Waals surface area contributed by atoms with Crippen LogP contribution in [0.2, 0.25) is 0 Å². The molecule has 1 aliphatic heterocycles. The first-order chi connectivity index (χ1) is 13.7. The van der Waals surface area contributed by atoms with Gasteiger partial charge >= 0.3 is 0 Å². The molecular weight excluding hydrogens is 374 g/mol. The molecule has 0 N–H and O–H groups in total. The minimum absolute atomic E-state index is 0.00942. The van der Waals surface area contributed by atoms with Crippen molar-refractivity contribution < 1.29 is 14.3 Å². The molecule has 0 spiro atoms. The van der Waals surface area contributed by atoms with E-state index in [2.05, 4.69) is 4.98 Å². The number of aromatic nitrogens is 2. The number of nitrogens with zero attached hydrogens (tertiary/aromatic N) is 3. The van der Waals surface area contributed by atoms with Crippen molar-refractivity contribution in [3.63, 3.8) is 0 Å². The molecule has 0 radical (unpaired) electrons. The van der Waals surface area contributed by atoms with Gasteiger partial charge in [-0.25, -0.2) is 4.98 Å². The number of rotatable bonds is 6. The average molecular weight is 398 g/mol. The highest BCUT2D eigenvalue weighted by molar-refractivity contribution is 7.99. The van der Waals surface area contributed by atoms with Gasteiger partial charge in [-0.05, 0) is 43.2 Å². The Labute approximate surface area is 168 Å². The van der Waals surface area contributed by atoms with Gasteiger partial charge in [-0.2, -0.15) is 0 Å². The molecule has 0 saturated carbocycles. The summed E-state index contributed by atoms with van der Waals surface area (Å²) in [6.45, 7) is 0.757. The van der Waals surface area contributed by atoms with Crippen molar-refractivity contribution in [3.8, 4) is 11.5 Å². The zero-order chi connectivity index (χ0) is 19.5. The summed E-state index contributed by atoms with van der Waals surface area (Å²) in [7, 11) is 3.31. The number of fused-ring (bicyclic) bond motifs is 1. The molecule has 1 aromatic carbocycles. The number of methoxy groups -OCH3 is 2. The first-order valence-electron chi connectivity index (χ1n) is 9.27. The SMILES string of the molecule is COc1ccc(OC)c(C2CCCN2C(=O)CSc2ncc3ccccn23)c1. The van der Waals surface area contributed by atoms with Gasteiger partial charge in [0.15, 0.2) is 5.16 Å². The van der Waals surface area contributed by atoms with Gasteiger partial charge in [0.25, 0.3) is 0 Å². The van der Waals surface area contributed by atoms with Crippen molar-refractivity contribution in [2.24, 2.45) is 0 Å². The topological polar surface area (TPSA) is 56.1 Å². The molecule has 4 rings (SSSR count). The lowest BCUT2D eigenvalue weighted by molar-refractivity contribution is -0.129. The highest BCUT2D eigenvalue weighted by atomic mass is 32.2.